The Morgan fingerprint density at radius 2 is 2.20 bits per heavy atom. The van der Waals surface area contributed by atoms with Gasteiger partial charge in [-0.1, -0.05) is 6.92 Å². The first kappa shape index (κ1) is 10.9. The lowest BCUT2D eigenvalue weighted by Crippen LogP contribution is -2.34. The Labute approximate surface area is 91.1 Å². The van der Waals surface area contributed by atoms with Gasteiger partial charge in [0.2, 0.25) is 0 Å². The highest BCUT2D eigenvalue weighted by atomic mass is 16.6. The molecule has 1 aliphatic carbocycles. The standard InChI is InChI=1S/C12H20O3/c1-8(2)14-10(13)7-11(3)6-5-9-12(11,4)15-9/h8-9H,5-7H2,1-4H3. The van der Waals surface area contributed by atoms with Gasteiger partial charge in [-0.25, -0.2) is 0 Å². The molecule has 3 nitrogen and oxygen atoms in total. The van der Waals surface area contributed by atoms with Crippen molar-refractivity contribution in [3.63, 3.8) is 0 Å². The minimum atomic E-state index is -0.0927. The fraction of sp³-hybridized carbons (Fsp3) is 0.917. The summed E-state index contributed by atoms with van der Waals surface area (Å²) >= 11 is 0. The number of ether oxygens (including phenoxy) is 2. The second kappa shape index (κ2) is 3.21. The molecule has 1 saturated carbocycles. The van der Waals surface area contributed by atoms with Crippen molar-refractivity contribution >= 4 is 5.97 Å². The SMILES string of the molecule is CC(C)OC(=O)CC1(C)CCC2OC21C. The summed E-state index contributed by atoms with van der Waals surface area (Å²) in [5, 5.41) is 0. The van der Waals surface area contributed by atoms with Crippen LogP contribution >= 0.6 is 0 Å². The molecular formula is C12H20O3. The Hall–Kier alpha value is -0.570. The Balaban J connectivity index is 1.96. The molecule has 0 N–H and O–H groups in total. The van der Waals surface area contributed by atoms with E-state index in [1.54, 1.807) is 0 Å². The Kier molecular flexibility index (Phi) is 2.34. The zero-order valence-electron chi connectivity index (χ0n) is 10.0. The fourth-order valence-corrected chi connectivity index (χ4v) is 2.71. The van der Waals surface area contributed by atoms with E-state index in [4.69, 9.17) is 9.47 Å². The quantitative estimate of drug-likeness (QED) is 0.532. The zero-order chi connectivity index (χ0) is 11.3. The molecule has 0 bridgehead atoms. The van der Waals surface area contributed by atoms with E-state index >= 15 is 0 Å². The maximum absolute atomic E-state index is 11.6. The molecule has 1 saturated heterocycles. The summed E-state index contributed by atoms with van der Waals surface area (Å²) in [5.41, 5.74) is -0.0906. The minimum Gasteiger partial charge on any atom is -0.463 e. The summed E-state index contributed by atoms with van der Waals surface area (Å²) in [7, 11) is 0. The smallest absolute Gasteiger partial charge is 0.306 e. The Morgan fingerprint density at radius 3 is 2.60 bits per heavy atom. The normalized spacial score (nSPS) is 42.9. The van der Waals surface area contributed by atoms with Crippen LogP contribution in [-0.2, 0) is 14.3 Å². The highest BCUT2D eigenvalue weighted by molar-refractivity contribution is 5.71. The second-order valence-corrected chi connectivity index (χ2v) is 5.53. The number of fused-ring (bicyclic) bond motifs is 1. The molecule has 0 aromatic heterocycles. The van der Waals surface area contributed by atoms with E-state index in [0.29, 0.717) is 12.5 Å². The number of carbonyl (C=O) groups excluding carboxylic acids is 1. The molecule has 3 unspecified atom stereocenters. The summed E-state index contributed by atoms with van der Waals surface area (Å²) in [5.74, 6) is -0.0927. The number of hydrogen-bond acceptors (Lipinski definition) is 3. The van der Waals surface area contributed by atoms with Crippen LogP contribution in [-0.4, -0.2) is 23.8 Å². The number of epoxide rings is 1. The maximum atomic E-state index is 11.6. The molecule has 2 rings (SSSR count). The third-order valence-electron chi connectivity index (χ3n) is 4.00. The second-order valence-electron chi connectivity index (χ2n) is 5.53. The van der Waals surface area contributed by atoms with Crippen molar-refractivity contribution in [2.75, 3.05) is 0 Å². The van der Waals surface area contributed by atoms with Crippen LogP contribution in [0, 0.1) is 5.41 Å². The van der Waals surface area contributed by atoms with Gasteiger partial charge < -0.3 is 9.47 Å². The lowest BCUT2D eigenvalue weighted by molar-refractivity contribution is -0.151. The van der Waals surface area contributed by atoms with Crippen LogP contribution in [0.15, 0.2) is 0 Å². The zero-order valence-corrected chi connectivity index (χ0v) is 10.0. The molecule has 0 spiro atoms. The molecule has 2 fully saturated rings. The number of esters is 1. The maximum Gasteiger partial charge on any atom is 0.306 e. The Bertz CT molecular complexity index is 285. The average molecular weight is 212 g/mol. The molecule has 3 heteroatoms. The summed E-state index contributed by atoms with van der Waals surface area (Å²) < 4.78 is 10.8. The van der Waals surface area contributed by atoms with Crippen molar-refractivity contribution in [2.24, 2.45) is 5.41 Å². The molecule has 1 heterocycles. The summed E-state index contributed by atoms with van der Waals surface area (Å²) in [6.07, 6.45) is 3.00. The van der Waals surface area contributed by atoms with Gasteiger partial charge >= 0.3 is 5.97 Å². The molecule has 3 atom stereocenters. The first-order chi connectivity index (χ1) is 6.87. The van der Waals surface area contributed by atoms with Gasteiger partial charge in [0.15, 0.2) is 0 Å². The highest BCUT2D eigenvalue weighted by Crippen LogP contribution is 2.62. The van der Waals surface area contributed by atoms with E-state index in [0.717, 1.165) is 12.8 Å². The van der Waals surface area contributed by atoms with Crippen molar-refractivity contribution in [3.05, 3.63) is 0 Å². The van der Waals surface area contributed by atoms with Gasteiger partial charge in [-0.15, -0.1) is 0 Å². The van der Waals surface area contributed by atoms with Gasteiger partial charge in [0.25, 0.3) is 0 Å². The van der Waals surface area contributed by atoms with Gasteiger partial charge in [-0.2, -0.15) is 0 Å². The molecule has 0 radical (unpaired) electrons. The molecule has 15 heavy (non-hydrogen) atoms. The molecule has 86 valence electrons. The first-order valence-corrected chi connectivity index (χ1v) is 5.75. The fourth-order valence-electron chi connectivity index (χ4n) is 2.71. The van der Waals surface area contributed by atoms with E-state index in [1.165, 1.54) is 0 Å². The predicted molar refractivity (Wildman–Crippen MR) is 56.5 cm³/mol. The molecule has 0 amide bonds. The van der Waals surface area contributed by atoms with Crippen LogP contribution in [0.1, 0.15) is 47.0 Å². The van der Waals surface area contributed by atoms with Crippen molar-refractivity contribution in [2.45, 2.75) is 64.8 Å². The average Bonchev–Trinajstić information content (AvgIpc) is 2.67. The molecule has 2 aliphatic rings. The lowest BCUT2D eigenvalue weighted by atomic mass is 9.77. The van der Waals surface area contributed by atoms with Crippen LogP contribution in [0.5, 0.6) is 0 Å². The van der Waals surface area contributed by atoms with Crippen LogP contribution in [0.3, 0.4) is 0 Å². The van der Waals surface area contributed by atoms with Crippen molar-refractivity contribution < 1.29 is 14.3 Å². The van der Waals surface area contributed by atoms with Crippen molar-refractivity contribution in [1.82, 2.24) is 0 Å². The third-order valence-corrected chi connectivity index (χ3v) is 4.00. The van der Waals surface area contributed by atoms with Gasteiger partial charge in [0, 0.05) is 5.41 Å². The van der Waals surface area contributed by atoms with Gasteiger partial charge in [0.1, 0.15) is 0 Å². The topological polar surface area (TPSA) is 38.8 Å². The van der Waals surface area contributed by atoms with E-state index in [1.807, 2.05) is 13.8 Å². The van der Waals surface area contributed by atoms with Crippen LogP contribution in [0.25, 0.3) is 0 Å². The van der Waals surface area contributed by atoms with E-state index in [2.05, 4.69) is 13.8 Å². The van der Waals surface area contributed by atoms with E-state index in [9.17, 15) is 4.79 Å². The summed E-state index contributed by atoms with van der Waals surface area (Å²) in [6.45, 7) is 8.02. The van der Waals surface area contributed by atoms with Crippen LogP contribution in [0.4, 0.5) is 0 Å². The van der Waals surface area contributed by atoms with E-state index < -0.39 is 0 Å². The van der Waals surface area contributed by atoms with Crippen LogP contribution < -0.4 is 0 Å². The summed E-state index contributed by atoms with van der Waals surface area (Å²) in [6, 6.07) is 0. The van der Waals surface area contributed by atoms with Gasteiger partial charge in [-0.3, -0.25) is 4.79 Å². The van der Waals surface area contributed by atoms with Crippen molar-refractivity contribution in [3.8, 4) is 0 Å². The molecule has 1 aliphatic heterocycles. The molecule has 0 aromatic carbocycles. The van der Waals surface area contributed by atoms with Gasteiger partial charge in [-0.05, 0) is 33.6 Å². The summed E-state index contributed by atoms with van der Waals surface area (Å²) in [4.78, 5) is 11.6. The van der Waals surface area contributed by atoms with Crippen molar-refractivity contribution in [1.29, 1.82) is 0 Å². The highest BCUT2D eigenvalue weighted by Gasteiger charge is 2.68. The van der Waals surface area contributed by atoms with E-state index in [-0.39, 0.29) is 23.1 Å². The minimum absolute atomic E-state index is 0.0220. The monoisotopic (exact) mass is 212 g/mol. The number of rotatable bonds is 3. The third kappa shape index (κ3) is 1.67. The number of hydrogen-bond donors (Lipinski definition) is 0. The van der Waals surface area contributed by atoms with Gasteiger partial charge in [0.05, 0.1) is 24.2 Å². The lowest BCUT2D eigenvalue weighted by Gasteiger charge is -2.29. The number of carbonyl (C=O) groups is 1. The predicted octanol–water partition coefficient (Wildman–Crippen LogP) is 2.29. The first-order valence-electron chi connectivity index (χ1n) is 5.75. The largest absolute Gasteiger partial charge is 0.463 e. The molecular weight excluding hydrogens is 192 g/mol. The Morgan fingerprint density at radius 1 is 1.53 bits per heavy atom. The molecule has 0 aromatic rings. The van der Waals surface area contributed by atoms with Crippen LogP contribution in [0.2, 0.25) is 0 Å².